The van der Waals surface area contributed by atoms with Crippen molar-refractivity contribution in [3.63, 3.8) is 0 Å². The highest BCUT2D eigenvalue weighted by molar-refractivity contribution is 7.89. The fourth-order valence-electron chi connectivity index (χ4n) is 4.99. The zero-order valence-corrected chi connectivity index (χ0v) is 19.7. The molecule has 2 fully saturated rings. The fourth-order valence-corrected chi connectivity index (χ4v) is 6.01. The van der Waals surface area contributed by atoms with Gasteiger partial charge in [-0.3, -0.25) is 9.59 Å². The number of anilines is 1. The van der Waals surface area contributed by atoms with Crippen molar-refractivity contribution in [2.75, 3.05) is 11.9 Å². The van der Waals surface area contributed by atoms with E-state index in [1.165, 1.54) is 44.7 Å². The number of nitrogens with one attached hydrogen (secondary N) is 2. The molecule has 2 N–H and O–H groups in total. The quantitative estimate of drug-likeness (QED) is 0.643. The number of likely N-dealkylation sites (tertiary alicyclic amines) is 1. The van der Waals surface area contributed by atoms with E-state index in [4.69, 9.17) is 0 Å². The summed E-state index contributed by atoms with van der Waals surface area (Å²) in [5.41, 5.74) is 1.97. The molecular weight excluding hydrogens is 438 g/mol. The van der Waals surface area contributed by atoms with Crippen LogP contribution in [0.15, 0.2) is 53.4 Å². The van der Waals surface area contributed by atoms with Crippen molar-refractivity contribution in [2.24, 2.45) is 5.92 Å². The molecule has 176 valence electrons. The maximum atomic E-state index is 13.1. The largest absolute Gasteiger partial charge is 0.335 e. The van der Waals surface area contributed by atoms with Crippen molar-refractivity contribution in [1.82, 2.24) is 9.62 Å². The molecule has 1 aliphatic heterocycles. The zero-order chi connectivity index (χ0) is 23.4. The Bertz CT molecular complexity index is 1090. The van der Waals surface area contributed by atoms with Crippen LogP contribution < -0.4 is 10.0 Å². The third-order valence-electron chi connectivity index (χ3n) is 6.66. The molecule has 0 spiro atoms. The summed E-state index contributed by atoms with van der Waals surface area (Å²) in [6.07, 6.45) is 7.16. The van der Waals surface area contributed by atoms with E-state index in [9.17, 15) is 18.0 Å². The van der Waals surface area contributed by atoms with E-state index in [2.05, 4.69) is 14.9 Å². The number of rotatable bonds is 7. The fraction of sp³-hybridized carbons (Fsp3) is 0.440. The van der Waals surface area contributed by atoms with Crippen molar-refractivity contribution < 1.29 is 18.0 Å². The van der Waals surface area contributed by atoms with Crippen molar-refractivity contribution in [2.45, 2.75) is 62.9 Å². The Morgan fingerprint density at radius 1 is 0.939 bits per heavy atom. The van der Waals surface area contributed by atoms with Gasteiger partial charge in [0, 0.05) is 37.3 Å². The van der Waals surface area contributed by atoms with Crippen LogP contribution in [0.2, 0.25) is 0 Å². The Balaban J connectivity index is 1.36. The Hall–Kier alpha value is -2.71. The van der Waals surface area contributed by atoms with Crippen molar-refractivity contribution in [3.8, 4) is 0 Å². The SMILES string of the molecule is CC(=O)Nc1ccc(S(=O)(=O)NCc2ccc(C(=O)N3CCCC3C3CCCC3)cc2)cc1. The van der Waals surface area contributed by atoms with Gasteiger partial charge in [0.1, 0.15) is 0 Å². The molecule has 8 heteroatoms. The lowest BCUT2D eigenvalue weighted by atomic mass is 9.95. The zero-order valence-electron chi connectivity index (χ0n) is 18.9. The highest BCUT2D eigenvalue weighted by Crippen LogP contribution is 2.36. The van der Waals surface area contributed by atoms with Gasteiger partial charge in [0.15, 0.2) is 0 Å². The lowest BCUT2D eigenvalue weighted by Crippen LogP contribution is -2.39. The molecular formula is C25H31N3O4S. The molecule has 1 heterocycles. The molecule has 0 aromatic heterocycles. The summed E-state index contributed by atoms with van der Waals surface area (Å²) in [6.45, 7) is 2.34. The smallest absolute Gasteiger partial charge is 0.254 e. The van der Waals surface area contributed by atoms with E-state index in [0.29, 0.717) is 23.2 Å². The first kappa shape index (κ1) is 23.4. The van der Waals surface area contributed by atoms with Crippen LogP contribution in [0, 0.1) is 5.92 Å². The number of nitrogens with zero attached hydrogens (tertiary/aromatic N) is 1. The molecule has 1 atom stereocenters. The first-order valence-corrected chi connectivity index (χ1v) is 13.1. The molecule has 7 nitrogen and oxygen atoms in total. The van der Waals surface area contributed by atoms with Gasteiger partial charge >= 0.3 is 0 Å². The summed E-state index contributed by atoms with van der Waals surface area (Å²) < 4.78 is 27.8. The molecule has 1 saturated carbocycles. The van der Waals surface area contributed by atoms with Gasteiger partial charge in [0.25, 0.3) is 5.91 Å². The number of carbonyl (C=O) groups excluding carboxylic acids is 2. The Morgan fingerprint density at radius 2 is 1.61 bits per heavy atom. The van der Waals surface area contributed by atoms with E-state index in [1.807, 2.05) is 0 Å². The molecule has 33 heavy (non-hydrogen) atoms. The molecule has 1 unspecified atom stereocenters. The van der Waals surface area contributed by atoms with Crippen LogP contribution in [-0.2, 0) is 21.4 Å². The van der Waals surface area contributed by atoms with E-state index >= 15 is 0 Å². The van der Waals surface area contributed by atoms with Gasteiger partial charge in [-0.05, 0) is 73.6 Å². The molecule has 2 aromatic rings. The standard InChI is InChI=1S/C25H31N3O4S/c1-18(29)27-22-12-14-23(15-13-22)33(31,32)26-17-19-8-10-21(11-9-19)25(30)28-16-4-7-24(28)20-5-2-3-6-20/h8-15,20,24,26H,2-7,16-17H2,1H3,(H,27,29). The second kappa shape index (κ2) is 10.1. The highest BCUT2D eigenvalue weighted by Gasteiger charge is 2.36. The number of carbonyl (C=O) groups is 2. The summed E-state index contributed by atoms with van der Waals surface area (Å²) in [5.74, 6) is 0.498. The summed E-state index contributed by atoms with van der Waals surface area (Å²) in [4.78, 5) is 26.4. The molecule has 2 aromatic carbocycles. The van der Waals surface area contributed by atoms with Crippen molar-refractivity contribution >= 4 is 27.5 Å². The van der Waals surface area contributed by atoms with E-state index in [-0.39, 0.29) is 23.3 Å². The minimum atomic E-state index is -3.70. The Kier molecular flexibility index (Phi) is 7.14. The summed E-state index contributed by atoms with van der Waals surface area (Å²) in [7, 11) is -3.70. The minimum absolute atomic E-state index is 0.0794. The lowest BCUT2D eigenvalue weighted by molar-refractivity contribution is -0.114. The maximum absolute atomic E-state index is 13.1. The number of benzene rings is 2. The number of sulfonamides is 1. The average Bonchev–Trinajstić information content (AvgIpc) is 3.49. The van der Waals surface area contributed by atoms with Gasteiger partial charge in [-0.15, -0.1) is 0 Å². The number of hydrogen-bond donors (Lipinski definition) is 2. The third-order valence-corrected chi connectivity index (χ3v) is 8.07. The molecule has 1 saturated heterocycles. The second-order valence-electron chi connectivity index (χ2n) is 8.98. The van der Waals surface area contributed by atoms with E-state index < -0.39 is 10.0 Å². The lowest BCUT2D eigenvalue weighted by Gasteiger charge is -2.29. The Morgan fingerprint density at radius 3 is 2.24 bits per heavy atom. The normalized spacial score (nSPS) is 19.1. The first-order chi connectivity index (χ1) is 15.8. The molecule has 4 rings (SSSR count). The third kappa shape index (κ3) is 5.62. The highest BCUT2D eigenvalue weighted by atomic mass is 32.2. The Labute approximate surface area is 195 Å². The molecule has 1 aliphatic carbocycles. The average molecular weight is 470 g/mol. The number of amides is 2. The van der Waals surface area contributed by atoms with Crippen molar-refractivity contribution in [3.05, 3.63) is 59.7 Å². The monoisotopic (exact) mass is 469 g/mol. The van der Waals surface area contributed by atoms with Crippen LogP contribution >= 0.6 is 0 Å². The minimum Gasteiger partial charge on any atom is -0.335 e. The predicted molar refractivity (Wildman–Crippen MR) is 127 cm³/mol. The summed E-state index contributed by atoms with van der Waals surface area (Å²) in [5, 5.41) is 2.61. The summed E-state index contributed by atoms with van der Waals surface area (Å²) >= 11 is 0. The van der Waals surface area contributed by atoms with Crippen molar-refractivity contribution in [1.29, 1.82) is 0 Å². The van der Waals surface area contributed by atoms with Crippen LogP contribution in [0.3, 0.4) is 0 Å². The van der Waals surface area contributed by atoms with E-state index in [1.54, 1.807) is 36.4 Å². The summed E-state index contributed by atoms with van der Waals surface area (Å²) in [6, 6.07) is 13.5. The topological polar surface area (TPSA) is 95.6 Å². The predicted octanol–water partition coefficient (Wildman–Crippen LogP) is 3.92. The van der Waals surface area contributed by atoms with Gasteiger partial charge in [-0.1, -0.05) is 25.0 Å². The van der Waals surface area contributed by atoms with Gasteiger partial charge in [0.05, 0.1) is 4.90 Å². The van der Waals surface area contributed by atoms with Crippen LogP contribution in [0.4, 0.5) is 5.69 Å². The van der Waals surface area contributed by atoms with Crippen LogP contribution in [0.1, 0.15) is 61.4 Å². The van der Waals surface area contributed by atoms with Gasteiger partial charge in [-0.25, -0.2) is 13.1 Å². The van der Waals surface area contributed by atoms with Gasteiger partial charge in [0.2, 0.25) is 15.9 Å². The van der Waals surface area contributed by atoms with Gasteiger partial charge < -0.3 is 10.2 Å². The second-order valence-corrected chi connectivity index (χ2v) is 10.7. The van der Waals surface area contributed by atoms with E-state index in [0.717, 1.165) is 24.9 Å². The molecule has 2 amide bonds. The molecule has 2 aliphatic rings. The van der Waals surface area contributed by atoms with Crippen LogP contribution in [-0.4, -0.2) is 37.7 Å². The molecule has 0 radical (unpaired) electrons. The van der Waals surface area contributed by atoms with Crippen LogP contribution in [0.25, 0.3) is 0 Å². The maximum Gasteiger partial charge on any atom is 0.254 e. The molecule has 0 bridgehead atoms. The first-order valence-electron chi connectivity index (χ1n) is 11.6. The number of hydrogen-bond acceptors (Lipinski definition) is 4. The van der Waals surface area contributed by atoms with Gasteiger partial charge in [-0.2, -0.15) is 0 Å². The van der Waals surface area contributed by atoms with Crippen LogP contribution in [0.5, 0.6) is 0 Å².